The van der Waals surface area contributed by atoms with E-state index in [1.165, 1.54) is 32.7 Å². The van der Waals surface area contributed by atoms with Gasteiger partial charge in [-0.05, 0) is 46.0 Å². The number of thiophene rings is 1. The van der Waals surface area contributed by atoms with Crippen LogP contribution in [0.4, 0.5) is 0 Å². The average Bonchev–Trinajstić information content (AvgIpc) is 3.46. The number of piperazine rings is 1. The summed E-state index contributed by atoms with van der Waals surface area (Å²) in [4.78, 5) is 28.6. The van der Waals surface area contributed by atoms with Gasteiger partial charge in [0, 0.05) is 26.2 Å². The molecule has 5 rings (SSSR count). The van der Waals surface area contributed by atoms with Crippen LogP contribution in [0.5, 0.6) is 0 Å². The number of halogens is 1. The van der Waals surface area contributed by atoms with Gasteiger partial charge in [0.2, 0.25) is 15.9 Å². The van der Waals surface area contributed by atoms with E-state index in [1.54, 1.807) is 29.6 Å². The Morgan fingerprint density at radius 1 is 0.946 bits per heavy atom. The Balaban J connectivity index is 1.39. The summed E-state index contributed by atoms with van der Waals surface area (Å²) in [5.41, 5.74) is 0.902. The molecule has 7 nitrogen and oxygen atoms in total. The zero-order valence-electron chi connectivity index (χ0n) is 19.7. The third-order valence-corrected chi connectivity index (χ3v) is 9.60. The number of fused-ring (bicyclic) bond motifs is 1. The Morgan fingerprint density at radius 3 is 2.46 bits per heavy atom. The number of hydrogen-bond donors (Lipinski definition) is 1. The van der Waals surface area contributed by atoms with Gasteiger partial charge in [0.05, 0.1) is 9.90 Å². The number of rotatable bonds is 6. The van der Waals surface area contributed by atoms with Crippen molar-refractivity contribution in [3.8, 4) is 0 Å². The molecule has 0 bridgehead atoms. The molecule has 37 heavy (non-hydrogen) atoms. The summed E-state index contributed by atoms with van der Waals surface area (Å²) in [5, 5.41) is 6.96. The first-order valence-electron chi connectivity index (χ1n) is 11.7. The molecule has 1 N–H and O–H groups in total. The monoisotopic (exact) mass is 553 g/mol. The van der Waals surface area contributed by atoms with Crippen LogP contribution in [0.25, 0.3) is 10.8 Å². The van der Waals surface area contributed by atoms with Crippen molar-refractivity contribution in [2.75, 3.05) is 19.6 Å². The Hall–Kier alpha value is -3.24. The summed E-state index contributed by atoms with van der Waals surface area (Å²) < 4.78 is 28.0. The lowest BCUT2D eigenvalue weighted by Crippen LogP contribution is -2.61. The summed E-state index contributed by atoms with van der Waals surface area (Å²) in [6, 6.07) is 22.5. The lowest BCUT2D eigenvalue weighted by Gasteiger charge is -2.39. The molecule has 1 aliphatic heterocycles. The highest BCUT2D eigenvalue weighted by atomic mass is 35.5. The van der Waals surface area contributed by atoms with E-state index < -0.39 is 22.0 Å². The molecule has 4 aromatic rings. The van der Waals surface area contributed by atoms with Crippen LogP contribution < -0.4 is 5.32 Å². The van der Waals surface area contributed by atoms with Crippen molar-refractivity contribution >= 4 is 55.5 Å². The van der Waals surface area contributed by atoms with Gasteiger partial charge < -0.3 is 10.2 Å². The second kappa shape index (κ2) is 10.6. The summed E-state index contributed by atoms with van der Waals surface area (Å²) in [6.45, 7) is 0.209. The molecule has 2 heterocycles. The molecule has 1 aromatic heterocycles. The Bertz CT molecular complexity index is 1560. The van der Waals surface area contributed by atoms with E-state index in [0.717, 1.165) is 16.3 Å². The fraction of sp³-hybridized carbons (Fsp3) is 0.185. The van der Waals surface area contributed by atoms with E-state index in [4.69, 9.17) is 11.6 Å². The van der Waals surface area contributed by atoms with Gasteiger partial charge in [-0.25, -0.2) is 8.42 Å². The van der Waals surface area contributed by atoms with Gasteiger partial charge in [-0.2, -0.15) is 4.31 Å². The smallest absolute Gasteiger partial charge is 0.264 e. The fourth-order valence-electron chi connectivity index (χ4n) is 4.43. The summed E-state index contributed by atoms with van der Waals surface area (Å²) >= 11 is 7.47. The maximum absolute atomic E-state index is 13.4. The first kappa shape index (κ1) is 25.4. The first-order chi connectivity index (χ1) is 17.8. The van der Waals surface area contributed by atoms with Crippen LogP contribution in [0.3, 0.4) is 0 Å². The molecule has 10 heteroatoms. The number of benzene rings is 3. The van der Waals surface area contributed by atoms with Gasteiger partial charge in [-0.3, -0.25) is 9.59 Å². The zero-order chi connectivity index (χ0) is 26.0. The van der Waals surface area contributed by atoms with Crippen molar-refractivity contribution < 1.29 is 18.0 Å². The quantitative estimate of drug-likeness (QED) is 0.384. The number of nitrogens with one attached hydrogen (secondary N) is 1. The number of amides is 2. The van der Waals surface area contributed by atoms with Crippen LogP contribution >= 0.6 is 22.9 Å². The highest BCUT2D eigenvalue weighted by Crippen LogP contribution is 2.27. The molecule has 2 amide bonds. The molecule has 1 aliphatic rings. The van der Waals surface area contributed by atoms with E-state index in [-0.39, 0.29) is 42.0 Å². The van der Waals surface area contributed by atoms with Crippen LogP contribution in [0, 0.1) is 0 Å². The summed E-state index contributed by atoms with van der Waals surface area (Å²) in [5.74, 6) is -0.715. The topological polar surface area (TPSA) is 86.8 Å². The van der Waals surface area contributed by atoms with Crippen LogP contribution in [0.1, 0.15) is 15.2 Å². The van der Waals surface area contributed by atoms with Gasteiger partial charge in [0.25, 0.3) is 5.91 Å². The number of nitrogens with zero attached hydrogens (tertiary/aromatic N) is 2. The van der Waals surface area contributed by atoms with Crippen molar-refractivity contribution in [2.45, 2.75) is 17.5 Å². The van der Waals surface area contributed by atoms with Crippen molar-refractivity contribution in [1.29, 1.82) is 0 Å². The molecular formula is C27H24ClN3O4S2. The number of carbonyl (C=O) groups is 2. The van der Waals surface area contributed by atoms with Crippen molar-refractivity contribution in [2.24, 2.45) is 0 Å². The van der Waals surface area contributed by atoms with E-state index in [9.17, 15) is 18.0 Å². The van der Waals surface area contributed by atoms with Crippen molar-refractivity contribution in [3.05, 3.63) is 99.7 Å². The van der Waals surface area contributed by atoms with Gasteiger partial charge >= 0.3 is 0 Å². The summed E-state index contributed by atoms with van der Waals surface area (Å²) in [7, 11) is -3.97. The molecule has 1 saturated heterocycles. The minimum absolute atomic E-state index is 0.0231. The maximum Gasteiger partial charge on any atom is 0.264 e. The highest BCUT2D eigenvalue weighted by molar-refractivity contribution is 7.89. The zero-order valence-corrected chi connectivity index (χ0v) is 22.1. The fourth-order valence-corrected chi connectivity index (χ4v) is 7.04. The predicted molar refractivity (Wildman–Crippen MR) is 145 cm³/mol. The lowest BCUT2D eigenvalue weighted by molar-refractivity contribution is -0.127. The predicted octanol–water partition coefficient (Wildman–Crippen LogP) is 4.39. The van der Waals surface area contributed by atoms with E-state index in [0.29, 0.717) is 4.88 Å². The van der Waals surface area contributed by atoms with Gasteiger partial charge in [0.15, 0.2) is 0 Å². The average molecular weight is 554 g/mol. The van der Waals surface area contributed by atoms with Crippen LogP contribution in [0.15, 0.2) is 89.1 Å². The highest BCUT2D eigenvalue weighted by Gasteiger charge is 2.40. The van der Waals surface area contributed by atoms with Gasteiger partial charge in [-0.15, -0.1) is 11.3 Å². The van der Waals surface area contributed by atoms with Crippen LogP contribution in [-0.2, 0) is 21.4 Å². The number of hydrogen-bond acceptors (Lipinski definition) is 5. The SMILES string of the molecule is O=C(NCc1ccc2ccccc2c1)C1CN(S(=O)(=O)c2ccccc2Cl)CCN1C(=O)c1cccs1. The molecule has 3 aromatic carbocycles. The first-order valence-corrected chi connectivity index (χ1v) is 14.4. The van der Waals surface area contributed by atoms with Crippen molar-refractivity contribution in [3.63, 3.8) is 0 Å². The second-order valence-corrected chi connectivity index (χ2v) is 11.9. The van der Waals surface area contributed by atoms with Gasteiger partial charge in [0.1, 0.15) is 10.9 Å². The normalized spacial score (nSPS) is 16.6. The maximum atomic E-state index is 13.4. The Morgan fingerprint density at radius 2 is 1.70 bits per heavy atom. The Kier molecular flexibility index (Phi) is 7.30. The Labute approximate surface area is 224 Å². The molecule has 190 valence electrons. The third kappa shape index (κ3) is 5.26. The second-order valence-electron chi connectivity index (χ2n) is 8.68. The third-order valence-electron chi connectivity index (χ3n) is 6.37. The van der Waals surface area contributed by atoms with Crippen LogP contribution in [-0.4, -0.2) is 55.1 Å². The largest absolute Gasteiger partial charge is 0.350 e. The lowest BCUT2D eigenvalue weighted by atomic mass is 10.1. The molecule has 1 fully saturated rings. The molecule has 0 spiro atoms. The number of carbonyl (C=O) groups excluding carboxylic acids is 2. The van der Waals surface area contributed by atoms with E-state index in [1.807, 2.05) is 42.5 Å². The van der Waals surface area contributed by atoms with E-state index >= 15 is 0 Å². The molecular weight excluding hydrogens is 530 g/mol. The molecule has 1 unspecified atom stereocenters. The molecule has 1 atom stereocenters. The minimum Gasteiger partial charge on any atom is -0.350 e. The standard InChI is InChI=1S/C27H24ClN3O4S2/c28-22-8-3-4-10-25(22)37(34,35)30-13-14-31(27(33)24-9-5-15-36-24)23(18-30)26(32)29-17-19-11-12-20-6-1-2-7-21(20)16-19/h1-12,15-16,23H,13-14,17-18H2,(H,29,32). The number of sulfonamides is 1. The molecule has 0 aliphatic carbocycles. The van der Waals surface area contributed by atoms with Crippen molar-refractivity contribution in [1.82, 2.24) is 14.5 Å². The van der Waals surface area contributed by atoms with Gasteiger partial charge in [-0.1, -0.05) is 66.2 Å². The minimum atomic E-state index is -3.97. The summed E-state index contributed by atoms with van der Waals surface area (Å²) in [6.07, 6.45) is 0. The van der Waals surface area contributed by atoms with Crippen LogP contribution in [0.2, 0.25) is 5.02 Å². The van der Waals surface area contributed by atoms with E-state index in [2.05, 4.69) is 5.32 Å². The molecule has 0 radical (unpaired) electrons. The molecule has 0 saturated carbocycles.